The van der Waals surface area contributed by atoms with E-state index in [2.05, 4.69) is 20.4 Å². The van der Waals surface area contributed by atoms with E-state index in [9.17, 15) is 9.90 Å². The van der Waals surface area contributed by atoms with Gasteiger partial charge in [-0.3, -0.25) is 0 Å². The lowest BCUT2D eigenvalue weighted by Crippen LogP contribution is -2.22. The molecule has 112 valence electrons. The Kier molecular flexibility index (Phi) is 3.34. The van der Waals surface area contributed by atoms with Gasteiger partial charge in [-0.1, -0.05) is 0 Å². The van der Waals surface area contributed by atoms with Gasteiger partial charge in [0.15, 0.2) is 0 Å². The van der Waals surface area contributed by atoms with Crippen molar-refractivity contribution in [2.45, 2.75) is 6.92 Å². The molecule has 3 aromatic rings. The first kappa shape index (κ1) is 13.8. The fraction of sp³-hybridized carbons (Fsp3) is 0.143. The molecule has 0 radical (unpaired) electrons. The van der Waals surface area contributed by atoms with E-state index in [1.165, 1.54) is 30.1 Å². The molecule has 2 aromatic heterocycles. The average Bonchev–Trinajstić information content (AvgIpc) is 2.95. The van der Waals surface area contributed by atoms with Crippen molar-refractivity contribution in [2.75, 3.05) is 12.4 Å². The number of fused-ring (bicyclic) bond motifs is 1. The molecule has 3 rings (SSSR count). The van der Waals surface area contributed by atoms with Gasteiger partial charge in [0.2, 0.25) is 0 Å². The minimum Gasteiger partial charge on any atom is -0.545 e. The van der Waals surface area contributed by atoms with Crippen LogP contribution in [-0.4, -0.2) is 32.7 Å². The summed E-state index contributed by atoms with van der Waals surface area (Å²) in [6, 6.07) is 6.18. The Bertz CT molecular complexity index is 859. The van der Waals surface area contributed by atoms with Crippen molar-refractivity contribution in [3.05, 3.63) is 41.9 Å². The Morgan fingerprint density at radius 1 is 1.36 bits per heavy atom. The van der Waals surface area contributed by atoms with Crippen LogP contribution in [0.1, 0.15) is 16.1 Å². The lowest BCUT2D eigenvalue weighted by atomic mass is 10.2. The van der Waals surface area contributed by atoms with Crippen molar-refractivity contribution in [2.24, 2.45) is 0 Å². The molecule has 0 saturated heterocycles. The molecular weight excluding hydrogens is 286 g/mol. The monoisotopic (exact) mass is 298 g/mol. The zero-order valence-electron chi connectivity index (χ0n) is 11.9. The van der Waals surface area contributed by atoms with Crippen LogP contribution in [0.4, 0.5) is 11.5 Å². The summed E-state index contributed by atoms with van der Waals surface area (Å²) in [5.41, 5.74) is 1.27. The maximum Gasteiger partial charge on any atom is 0.254 e. The number of anilines is 2. The Labute approximate surface area is 125 Å². The number of benzene rings is 1. The maximum atomic E-state index is 11.0. The molecule has 0 aliphatic heterocycles. The van der Waals surface area contributed by atoms with E-state index in [-0.39, 0.29) is 5.56 Å². The van der Waals surface area contributed by atoms with Gasteiger partial charge in [-0.05, 0) is 30.7 Å². The van der Waals surface area contributed by atoms with Crippen molar-refractivity contribution < 1.29 is 14.6 Å². The van der Waals surface area contributed by atoms with Crippen molar-refractivity contribution in [1.82, 2.24) is 19.6 Å². The molecule has 0 unspecified atom stereocenters. The first-order valence-corrected chi connectivity index (χ1v) is 6.42. The van der Waals surface area contributed by atoms with E-state index >= 15 is 0 Å². The number of methoxy groups -OCH3 is 1. The SMILES string of the molecule is COc1ccc(C(=O)[O-])cc1Nc1cc(C)nc2ncnn12. The zero-order chi connectivity index (χ0) is 15.7. The van der Waals surface area contributed by atoms with Crippen LogP contribution in [-0.2, 0) is 0 Å². The second kappa shape index (κ2) is 5.32. The molecule has 8 nitrogen and oxygen atoms in total. The van der Waals surface area contributed by atoms with E-state index in [0.717, 1.165) is 5.69 Å². The molecule has 0 spiro atoms. The van der Waals surface area contributed by atoms with Crippen molar-refractivity contribution in [1.29, 1.82) is 0 Å². The number of hydrogen-bond donors (Lipinski definition) is 1. The van der Waals surface area contributed by atoms with Crippen LogP contribution in [0.25, 0.3) is 5.78 Å². The van der Waals surface area contributed by atoms with E-state index in [4.69, 9.17) is 4.74 Å². The molecule has 0 saturated carbocycles. The fourth-order valence-corrected chi connectivity index (χ4v) is 2.09. The summed E-state index contributed by atoms with van der Waals surface area (Å²) in [7, 11) is 1.50. The number of carbonyl (C=O) groups is 1. The first-order valence-electron chi connectivity index (χ1n) is 6.42. The maximum absolute atomic E-state index is 11.0. The number of rotatable bonds is 4. The number of ether oxygens (including phenoxy) is 1. The fourth-order valence-electron chi connectivity index (χ4n) is 2.09. The van der Waals surface area contributed by atoms with Crippen LogP contribution >= 0.6 is 0 Å². The van der Waals surface area contributed by atoms with Crippen LogP contribution in [0.15, 0.2) is 30.6 Å². The number of aromatic nitrogens is 4. The lowest BCUT2D eigenvalue weighted by Gasteiger charge is -2.14. The van der Waals surface area contributed by atoms with Gasteiger partial charge in [0.1, 0.15) is 17.9 Å². The summed E-state index contributed by atoms with van der Waals surface area (Å²) in [4.78, 5) is 19.3. The Balaban J connectivity index is 2.09. The molecule has 0 amide bonds. The van der Waals surface area contributed by atoms with Crippen LogP contribution in [0, 0.1) is 6.92 Å². The first-order chi connectivity index (χ1) is 10.6. The van der Waals surface area contributed by atoms with Crippen molar-refractivity contribution in [3.8, 4) is 5.75 Å². The molecule has 2 heterocycles. The number of aromatic carboxylic acids is 1. The number of carbonyl (C=O) groups excluding carboxylic acids is 1. The number of nitrogens with one attached hydrogen (secondary N) is 1. The van der Waals surface area contributed by atoms with Gasteiger partial charge in [0.05, 0.1) is 18.8 Å². The van der Waals surface area contributed by atoms with E-state index < -0.39 is 5.97 Å². The minimum absolute atomic E-state index is 0.0453. The zero-order valence-corrected chi connectivity index (χ0v) is 11.9. The molecule has 1 aromatic carbocycles. The Morgan fingerprint density at radius 2 is 2.18 bits per heavy atom. The number of carboxylic acid groups (broad SMARTS) is 1. The molecule has 0 bridgehead atoms. The number of hydrogen-bond acceptors (Lipinski definition) is 7. The van der Waals surface area contributed by atoms with Crippen LogP contribution in [0.3, 0.4) is 0 Å². The molecule has 8 heteroatoms. The quantitative estimate of drug-likeness (QED) is 0.749. The van der Waals surface area contributed by atoms with E-state index in [0.29, 0.717) is 23.0 Å². The highest BCUT2D eigenvalue weighted by molar-refractivity contribution is 5.88. The second-order valence-corrected chi connectivity index (χ2v) is 4.58. The van der Waals surface area contributed by atoms with E-state index in [1.807, 2.05) is 6.92 Å². The van der Waals surface area contributed by atoms with Gasteiger partial charge in [0, 0.05) is 11.8 Å². The number of nitrogens with zero attached hydrogens (tertiary/aromatic N) is 4. The Morgan fingerprint density at radius 3 is 2.91 bits per heavy atom. The smallest absolute Gasteiger partial charge is 0.254 e. The topological polar surface area (TPSA) is 104 Å². The minimum atomic E-state index is -1.26. The molecule has 22 heavy (non-hydrogen) atoms. The molecular formula is C14H12N5O3-. The molecule has 0 aliphatic carbocycles. The van der Waals surface area contributed by atoms with Crippen LogP contribution < -0.4 is 15.2 Å². The summed E-state index contributed by atoms with van der Waals surface area (Å²) < 4.78 is 6.75. The Hall–Kier alpha value is -3.16. The predicted octanol–water partition coefficient (Wildman–Crippen LogP) is 0.548. The normalized spacial score (nSPS) is 10.6. The molecule has 1 N–H and O–H groups in total. The number of carboxylic acids is 1. The van der Waals surface area contributed by atoms with Crippen LogP contribution in [0.5, 0.6) is 5.75 Å². The number of aryl methyl sites for hydroxylation is 1. The third kappa shape index (κ3) is 2.41. The van der Waals surface area contributed by atoms with E-state index in [1.54, 1.807) is 12.1 Å². The largest absolute Gasteiger partial charge is 0.545 e. The lowest BCUT2D eigenvalue weighted by molar-refractivity contribution is -0.255. The van der Waals surface area contributed by atoms with Gasteiger partial charge in [-0.2, -0.15) is 14.6 Å². The standard InChI is InChI=1S/C14H13N5O3/c1-8-5-12(19-14(17-8)15-7-16-19)18-10-6-9(13(20)21)3-4-11(10)22-2/h3-7,18H,1-2H3,(H,20,21)/p-1. The van der Waals surface area contributed by atoms with Gasteiger partial charge in [0.25, 0.3) is 5.78 Å². The summed E-state index contributed by atoms with van der Waals surface area (Å²) >= 11 is 0. The third-order valence-corrected chi connectivity index (χ3v) is 3.08. The summed E-state index contributed by atoms with van der Waals surface area (Å²) in [6.45, 7) is 1.83. The summed E-state index contributed by atoms with van der Waals surface area (Å²) in [5, 5.41) is 18.2. The molecule has 0 aliphatic rings. The molecule has 0 atom stereocenters. The highest BCUT2D eigenvalue weighted by atomic mass is 16.5. The third-order valence-electron chi connectivity index (χ3n) is 3.08. The predicted molar refractivity (Wildman–Crippen MR) is 76.1 cm³/mol. The van der Waals surface area contributed by atoms with Crippen molar-refractivity contribution >= 4 is 23.3 Å². The summed E-state index contributed by atoms with van der Waals surface area (Å²) in [6.07, 6.45) is 1.39. The highest BCUT2D eigenvalue weighted by Gasteiger charge is 2.10. The molecule has 0 fully saturated rings. The summed E-state index contributed by atoms with van der Waals surface area (Å²) in [5.74, 6) is 0.265. The van der Waals surface area contributed by atoms with Crippen molar-refractivity contribution in [3.63, 3.8) is 0 Å². The average molecular weight is 298 g/mol. The van der Waals surface area contributed by atoms with Gasteiger partial charge in [-0.15, -0.1) is 0 Å². The van der Waals surface area contributed by atoms with Gasteiger partial charge in [-0.25, -0.2) is 4.98 Å². The van der Waals surface area contributed by atoms with Gasteiger partial charge < -0.3 is 20.0 Å². The highest BCUT2D eigenvalue weighted by Crippen LogP contribution is 2.28. The second-order valence-electron chi connectivity index (χ2n) is 4.58. The van der Waals surface area contributed by atoms with Gasteiger partial charge >= 0.3 is 0 Å². The van der Waals surface area contributed by atoms with Crippen LogP contribution in [0.2, 0.25) is 0 Å².